The second-order valence-corrected chi connectivity index (χ2v) is 9.85. The van der Waals surface area contributed by atoms with Gasteiger partial charge in [-0.3, -0.25) is 4.90 Å². The first-order chi connectivity index (χ1) is 18.5. The summed E-state index contributed by atoms with van der Waals surface area (Å²) in [7, 11) is 1.79. The van der Waals surface area contributed by atoms with Gasteiger partial charge in [0.2, 0.25) is 0 Å². The first kappa shape index (κ1) is 27.6. The van der Waals surface area contributed by atoms with Crippen molar-refractivity contribution in [2.45, 2.75) is 38.1 Å². The maximum absolute atomic E-state index is 14.2. The van der Waals surface area contributed by atoms with Crippen LogP contribution in [0.2, 0.25) is 0 Å². The molecule has 1 saturated carbocycles. The largest absolute Gasteiger partial charge is 0.395 e. The number of β-amino-alcohol motifs (C(OH)–C–C–N with tert-alkyl or cyclic N) is 1. The van der Waals surface area contributed by atoms with E-state index in [2.05, 4.69) is 32.3 Å². The Labute approximate surface area is 224 Å². The Hall–Kier alpha value is -3.45. The van der Waals surface area contributed by atoms with Gasteiger partial charge in [-0.2, -0.15) is 5.26 Å². The zero-order valence-electron chi connectivity index (χ0n) is 22.1. The molecule has 1 aliphatic heterocycles. The van der Waals surface area contributed by atoms with Gasteiger partial charge in [-0.1, -0.05) is 25.3 Å². The molecule has 38 heavy (non-hydrogen) atoms. The molecule has 8 nitrogen and oxygen atoms in total. The molecule has 9 heteroatoms. The molecule has 0 atom stereocenters. The number of hydrogen-bond acceptors (Lipinski definition) is 7. The maximum atomic E-state index is 14.2. The number of nitrogens with one attached hydrogen (secondary N) is 1. The molecule has 0 spiro atoms. The van der Waals surface area contributed by atoms with Gasteiger partial charge in [0.05, 0.1) is 23.6 Å². The quantitative estimate of drug-likeness (QED) is 0.452. The number of rotatable bonds is 6. The summed E-state index contributed by atoms with van der Waals surface area (Å²) < 4.78 is 16.0. The van der Waals surface area contributed by atoms with Gasteiger partial charge >= 0.3 is 0 Å². The van der Waals surface area contributed by atoms with Crippen molar-refractivity contribution in [2.75, 3.05) is 56.6 Å². The minimum Gasteiger partial charge on any atom is -0.395 e. The van der Waals surface area contributed by atoms with E-state index in [1.807, 2.05) is 24.3 Å². The van der Waals surface area contributed by atoms with E-state index in [1.165, 1.54) is 44.2 Å². The van der Waals surface area contributed by atoms with Crippen molar-refractivity contribution in [3.05, 3.63) is 59.9 Å². The summed E-state index contributed by atoms with van der Waals surface area (Å²) in [4.78, 5) is 4.59. The third kappa shape index (κ3) is 6.90. The second kappa shape index (κ2) is 13.4. The van der Waals surface area contributed by atoms with E-state index in [0.29, 0.717) is 17.4 Å². The van der Waals surface area contributed by atoms with Crippen LogP contribution in [0.1, 0.15) is 37.7 Å². The van der Waals surface area contributed by atoms with Gasteiger partial charge in [0.25, 0.3) is 0 Å². The molecule has 1 saturated heterocycles. The predicted molar refractivity (Wildman–Crippen MR) is 150 cm³/mol. The zero-order chi connectivity index (χ0) is 26.9. The SMILES string of the molecule is CNc1cc(-c2ccc(C#N)c(F)c2)n(-c2ccc(N3CCN(CCO)CC3)cc2)n1.NC1CCCCC1. The highest BCUT2D eigenvalue weighted by Crippen LogP contribution is 2.28. The molecule has 2 aromatic carbocycles. The van der Waals surface area contributed by atoms with Gasteiger partial charge < -0.3 is 21.1 Å². The van der Waals surface area contributed by atoms with E-state index in [-0.39, 0.29) is 12.2 Å². The number of aliphatic hydroxyl groups excluding tert-OH is 1. The highest BCUT2D eigenvalue weighted by atomic mass is 19.1. The Kier molecular flexibility index (Phi) is 9.71. The number of hydrogen-bond donors (Lipinski definition) is 3. The van der Waals surface area contributed by atoms with E-state index in [1.54, 1.807) is 17.8 Å². The lowest BCUT2D eigenvalue weighted by Gasteiger charge is -2.35. The van der Waals surface area contributed by atoms with E-state index in [0.717, 1.165) is 49.8 Å². The highest BCUT2D eigenvalue weighted by molar-refractivity contribution is 5.67. The molecular formula is C29H38FN7O. The first-order valence-corrected chi connectivity index (χ1v) is 13.4. The fourth-order valence-electron chi connectivity index (χ4n) is 4.98. The Balaban J connectivity index is 0.000000417. The summed E-state index contributed by atoms with van der Waals surface area (Å²) in [6.07, 6.45) is 6.66. The Morgan fingerprint density at radius 2 is 1.71 bits per heavy atom. The van der Waals surface area contributed by atoms with Crippen LogP contribution < -0.4 is 16.0 Å². The average molecular weight is 520 g/mol. The van der Waals surface area contributed by atoms with Gasteiger partial charge in [0.15, 0.2) is 0 Å². The summed E-state index contributed by atoms with van der Waals surface area (Å²) in [6.45, 7) is 4.61. The number of nitriles is 1. The normalized spacial score (nSPS) is 16.4. The van der Waals surface area contributed by atoms with Gasteiger partial charge in [-0.05, 0) is 49.2 Å². The van der Waals surface area contributed by atoms with Gasteiger partial charge in [0, 0.05) is 63.1 Å². The van der Waals surface area contributed by atoms with Crippen molar-refractivity contribution >= 4 is 11.5 Å². The molecule has 5 rings (SSSR count). The minimum atomic E-state index is -0.547. The summed E-state index contributed by atoms with van der Waals surface area (Å²) in [5.74, 6) is 0.123. The second-order valence-electron chi connectivity index (χ2n) is 9.85. The van der Waals surface area contributed by atoms with Gasteiger partial charge in [-0.15, -0.1) is 5.10 Å². The van der Waals surface area contributed by atoms with Crippen LogP contribution in [0.5, 0.6) is 0 Å². The molecule has 3 aromatic rings. The molecule has 0 amide bonds. The van der Waals surface area contributed by atoms with Crippen LogP contribution in [-0.2, 0) is 0 Å². The van der Waals surface area contributed by atoms with Crippen molar-refractivity contribution in [1.82, 2.24) is 14.7 Å². The van der Waals surface area contributed by atoms with Gasteiger partial charge in [0.1, 0.15) is 17.7 Å². The van der Waals surface area contributed by atoms with Crippen molar-refractivity contribution in [3.8, 4) is 23.0 Å². The van der Waals surface area contributed by atoms with E-state index >= 15 is 0 Å². The van der Waals surface area contributed by atoms with Crippen molar-refractivity contribution in [1.29, 1.82) is 5.26 Å². The molecule has 0 radical (unpaired) electrons. The lowest BCUT2D eigenvalue weighted by atomic mass is 9.97. The van der Waals surface area contributed by atoms with E-state index in [4.69, 9.17) is 16.1 Å². The molecular weight excluding hydrogens is 481 g/mol. The van der Waals surface area contributed by atoms with Crippen molar-refractivity contribution in [3.63, 3.8) is 0 Å². The van der Waals surface area contributed by atoms with Crippen LogP contribution in [0.3, 0.4) is 0 Å². The summed E-state index contributed by atoms with van der Waals surface area (Å²) in [6, 6.07) is 17.0. The van der Waals surface area contributed by atoms with Crippen LogP contribution in [0.15, 0.2) is 48.5 Å². The molecule has 0 unspecified atom stereocenters. The molecule has 2 heterocycles. The Morgan fingerprint density at radius 3 is 2.26 bits per heavy atom. The van der Waals surface area contributed by atoms with Crippen LogP contribution in [0, 0.1) is 17.1 Å². The highest BCUT2D eigenvalue weighted by Gasteiger charge is 2.18. The Morgan fingerprint density at radius 1 is 1.03 bits per heavy atom. The molecule has 202 valence electrons. The van der Waals surface area contributed by atoms with Crippen LogP contribution in [0.4, 0.5) is 15.9 Å². The van der Waals surface area contributed by atoms with E-state index < -0.39 is 5.82 Å². The fourth-order valence-corrected chi connectivity index (χ4v) is 4.98. The van der Waals surface area contributed by atoms with Crippen LogP contribution in [0.25, 0.3) is 16.9 Å². The maximum Gasteiger partial charge on any atom is 0.148 e. The number of nitrogens with zero attached hydrogens (tertiary/aromatic N) is 5. The third-order valence-corrected chi connectivity index (χ3v) is 7.25. The average Bonchev–Trinajstić information content (AvgIpc) is 3.39. The summed E-state index contributed by atoms with van der Waals surface area (Å²) in [5.41, 5.74) is 9.04. The Bertz CT molecular complexity index is 1210. The monoisotopic (exact) mass is 519 g/mol. The standard InChI is InChI=1S/C23H25FN6O.C6H13N/c1-26-23-15-22(17-2-3-18(16-25)21(24)14-17)30(27-23)20-6-4-19(5-7-20)29-10-8-28(9-11-29)12-13-31;7-6-4-2-1-3-5-6/h2-7,14-15,31H,8-13H2,1H3,(H,26,27);6H,1-5,7H2. The number of nitrogens with two attached hydrogens (primary N) is 1. The van der Waals surface area contributed by atoms with Crippen LogP contribution >= 0.6 is 0 Å². The molecule has 1 aromatic heterocycles. The molecule has 2 aliphatic rings. The first-order valence-electron chi connectivity index (χ1n) is 13.4. The molecule has 1 aliphatic carbocycles. The third-order valence-electron chi connectivity index (χ3n) is 7.25. The molecule has 4 N–H and O–H groups in total. The molecule has 0 bridgehead atoms. The van der Waals surface area contributed by atoms with Crippen LogP contribution in [-0.4, -0.2) is 72.2 Å². The number of benzene rings is 2. The number of aromatic nitrogens is 2. The lowest BCUT2D eigenvalue weighted by Crippen LogP contribution is -2.47. The van der Waals surface area contributed by atoms with Gasteiger partial charge in [-0.25, -0.2) is 9.07 Å². The van der Waals surface area contributed by atoms with Crippen molar-refractivity contribution < 1.29 is 9.50 Å². The lowest BCUT2D eigenvalue weighted by molar-refractivity contribution is 0.189. The predicted octanol–water partition coefficient (Wildman–Crippen LogP) is 3.98. The number of aliphatic hydroxyl groups is 1. The summed E-state index contributed by atoms with van der Waals surface area (Å²) in [5, 5.41) is 25.7. The van der Waals surface area contributed by atoms with Crippen molar-refractivity contribution in [2.24, 2.45) is 5.73 Å². The smallest absolute Gasteiger partial charge is 0.148 e. The minimum absolute atomic E-state index is 0.0205. The van der Waals surface area contributed by atoms with E-state index in [9.17, 15) is 4.39 Å². The number of piperazine rings is 1. The number of halogens is 1. The number of anilines is 2. The topological polar surface area (TPSA) is 106 Å². The molecule has 2 fully saturated rings. The fraction of sp³-hybridized carbons (Fsp3) is 0.448. The zero-order valence-corrected chi connectivity index (χ0v) is 22.1. The summed E-state index contributed by atoms with van der Waals surface area (Å²) >= 11 is 0.